The van der Waals surface area contributed by atoms with Gasteiger partial charge in [0.2, 0.25) is 11.7 Å². The highest BCUT2D eigenvalue weighted by molar-refractivity contribution is 5.08. The van der Waals surface area contributed by atoms with Crippen LogP contribution in [0.4, 0.5) is 0 Å². The first-order chi connectivity index (χ1) is 8.57. The molecule has 1 aromatic heterocycles. The van der Waals surface area contributed by atoms with E-state index in [0.29, 0.717) is 18.3 Å². The maximum atomic E-state index is 5.70. The van der Waals surface area contributed by atoms with Crippen molar-refractivity contribution in [3.8, 4) is 0 Å². The minimum Gasteiger partial charge on any atom is -0.370 e. The lowest BCUT2D eigenvalue weighted by atomic mass is 9.90. The van der Waals surface area contributed by atoms with Gasteiger partial charge >= 0.3 is 0 Å². The fraction of sp³-hybridized carbons (Fsp3) is 0.846. The lowest BCUT2D eigenvalue weighted by Crippen LogP contribution is -2.25. The first kappa shape index (κ1) is 13.5. The highest BCUT2D eigenvalue weighted by Crippen LogP contribution is 2.31. The van der Waals surface area contributed by atoms with E-state index in [-0.39, 0.29) is 11.5 Å². The largest absolute Gasteiger partial charge is 0.370 e. The van der Waals surface area contributed by atoms with Crippen molar-refractivity contribution in [2.24, 2.45) is 5.92 Å². The van der Waals surface area contributed by atoms with Gasteiger partial charge in [-0.15, -0.1) is 0 Å². The van der Waals surface area contributed by atoms with Gasteiger partial charge in [0.05, 0.1) is 5.41 Å². The number of aromatic nitrogens is 2. The van der Waals surface area contributed by atoms with Gasteiger partial charge in [0.1, 0.15) is 6.10 Å². The summed E-state index contributed by atoms with van der Waals surface area (Å²) in [4.78, 5) is 4.56. The van der Waals surface area contributed by atoms with Crippen LogP contribution in [0, 0.1) is 5.92 Å². The van der Waals surface area contributed by atoms with E-state index in [1.54, 1.807) is 0 Å². The van der Waals surface area contributed by atoms with E-state index in [1.807, 2.05) is 6.92 Å². The average Bonchev–Trinajstić information content (AvgIpc) is 2.95. The smallest absolute Gasteiger partial charge is 0.234 e. The number of hydrogen-bond acceptors (Lipinski definition) is 5. The Kier molecular flexibility index (Phi) is 4.02. The molecule has 1 N–H and O–H groups in total. The van der Waals surface area contributed by atoms with Crippen LogP contribution < -0.4 is 5.32 Å². The molecule has 0 bridgehead atoms. The molecule has 0 aromatic carbocycles. The lowest BCUT2D eigenvalue weighted by Gasteiger charge is -2.18. The van der Waals surface area contributed by atoms with Crippen LogP contribution in [0.15, 0.2) is 4.52 Å². The molecule has 2 rings (SSSR count). The van der Waals surface area contributed by atoms with Crippen LogP contribution in [0.1, 0.15) is 51.9 Å². The van der Waals surface area contributed by atoms with Crippen LogP contribution in [0.25, 0.3) is 0 Å². The van der Waals surface area contributed by atoms with E-state index in [2.05, 4.69) is 36.2 Å². The van der Waals surface area contributed by atoms with Crippen molar-refractivity contribution in [3.05, 3.63) is 11.7 Å². The van der Waals surface area contributed by atoms with E-state index in [4.69, 9.17) is 9.26 Å². The summed E-state index contributed by atoms with van der Waals surface area (Å²) in [6.07, 6.45) is 0.959. The maximum absolute atomic E-state index is 5.70. The summed E-state index contributed by atoms with van der Waals surface area (Å²) < 4.78 is 11.1. The summed E-state index contributed by atoms with van der Waals surface area (Å²) in [6.45, 7) is 10.9. The normalized spacial score (nSPS) is 25.8. The van der Waals surface area contributed by atoms with Crippen LogP contribution in [0.5, 0.6) is 0 Å². The Hall–Kier alpha value is -0.940. The van der Waals surface area contributed by atoms with E-state index in [0.717, 1.165) is 25.4 Å². The molecule has 5 nitrogen and oxygen atoms in total. The number of rotatable bonds is 5. The Balaban J connectivity index is 2.18. The van der Waals surface area contributed by atoms with Gasteiger partial charge in [0.25, 0.3) is 0 Å². The third-order valence-electron chi connectivity index (χ3n) is 3.53. The summed E-state index contributed by atoms with van der Waals surface area (Å²) in [5.74, 6) is 1.74. The maximum Gasteiger partial charge on any atom is 0.234 e. The Morgan fingerprint density at radius 2 is 2.28 bits per heavy atom. The van der Waals surface area contributed by atoms with Gasteiger partial charge in [-0.2, -0.15) is 4.98 Å². The number of hydrogen-bond donors (Lipinski definition) is 1. The zero-order valence-electron chi connectivity index (χ0n) is 11.7. The van der Waals surface area contributed by atoms with Gasteiger partial charge in [-0.1, -0.05) is 19.0 Å². The van der Waals surface area contributed by atoms with Gasteiger partial charge < -0.3 is 14.6 Å². The molecule has 1 aliphatic rings. The highest BCUT2D eigenvalue weighted by atomic mass is 16.5. The minimum absolute atomic E-state index is 0.0288. The van der Waals surface area contributed by atoms with Gasteiger partial charge in [0.15, 0.2) is 0 Å². The molecular formula is C13H23N3O2. The molecule has 2 heterocycles. The fourth-order valence-electron chi connectivity index (χ4n) is 2.34. The van der Waals surface area contributed by atoms with E-state index in [1.165, 1.54) is 0 Å². The van der Waals surface area contributed by atoms with E-state index >= 15 is 0 Å². The highest BCUT2D eigenvalue weighted by Gasteiger charge is 2.37. The first-order valence-corrected chi connectivity index (χ1v) is 6.73. The molecule has 1 aliphatic heterocycles. The predicted molar refractivity (Wildman–Crippen MR) is 68.3 cm³/mol. The topological polar surface area (TPSA) is 60.2 Å². The standard InChI is InChI=1S/C13H23N3O2/c1-5-17-10(9(2)3)11-15-12(18-16-11)13(4)6-7-14-8-13/h9-10,14H,5-8H2,1-4H3. The minimum atomic E-state index is -0.0783. The van der Waals surface area contributed by atoms with Crippen molar-refractivity contribution < 1.29 is 9.26 Å². The van der Waals surface area contributed by atoms with Crippen molar-refractivity contribution >= 4 is 0 Å². The van der Waals surface area contributed by atoms with Crippen molar-refractivity contribution in [1.29, 1.82) is 0 Å². The van der Waals surface area contributed by atoms with E-state index < -0.39 is 0 Å². The molecule has 1 aromatic rings. The van der Waals surface area contributed by atoms with Crippen LogP contribution >= 0.6 is 0 Å². The molecule has 2 atom stereocenters. The first-order valence-electron chi connectivity index (χ1n) is 6.73. The monoisotopic (exact) mass is 253 g/mol. The number of nitrogens with one attached hydrogen (secondary N) is 1. The SMILES string of the molecule is CCOC(c1noc(C2(C)CCNC2)n1)C(C)C. The molecule has 0 radical (unpaired) electrons. The van der Waals surface area contributed by atoms with Crippen LogP contribution in [-0.4, -0.2) is 29.8 Å². The third-order valence-corrected chi connectivity index (χ3v) is 3.53. The molecule has 0 amide bonds. The average molecular weight is 253 g/mol. The number of nitrogens with zero attached hydrogens (tertiary/aromatic N) is 2. The quantitative estimate of drug-likeness (QED) is 0.870. The van der Waals surface area contributed by atoms with Gasteiger partial charge in [0, 0.05) is 13.2 Å². The Morgan fingerprint density at radius 1 is 1.50 bits per heavy atom. The molecule has 0 saturated carbocycles. The molecule has 102 valence electrons. The van der Waals surface area contributed by atoms with Crippen molar-refractivity contribution in [2.75, 3.05) is 19.7 Å². The Morgan fingerprint density at radius 3 is 2.83 bits per heavy atom. The van der Waals surface area contributed by atoms with Gasteiger partial charge in [-0.25, -0.2) is 0 Å². The van der Waals surface area contributed by atoms with Crippen LogP contribution in [0.2, 0.25) is 0 Å². The molecule has 18 heavy (non-hydrogen) atoms. The van der Waals surface area contributed by atoms with Gasteiger partial charge in [-0.3, -0.25) is 0 Å². The fourth-order valence-corrected chi connectivity index (χ4v) is 2.34. The van der Waals surface area contributed by atoms with Crippen molar-refractivity contribution in [1.82, 2.24) is 15.5 Å². The van der Waals surface area contributed by atoms with Crippen molar-refractivity contribution in [3.63, 3.8) is 0 Å². The van der Waals surface area contributed by atoms with Crippen LogP contribution in [0.3, 0.4) is 0 Å². The third kappa shape index (κ3) is 2.57. The van der Waals surface area contributed by atoms with Crippen molar-refractivity contribution in [2.45, 2.75) is 45.6 Å². The number of ether oxygens (including phenoxy) is 1. The predicted octanol–water partition coefficient (Wildman–Crippen LogP) is 2.05. The van der Waals surface area contributed by atoms with E-state index in [9.17, 15) is 0 Å². The van der Waals surface area contributed by atoms with Gasteiger partial charge in [-0.05, 0) is 32.7 Å². The Labute approximate surface area is 108 Å². The summed E-state index contributed by atoms with van der Waals surface area (Å²) >= 11 is 0. The molecule has 1 fully saturated rings. The molecular weight excluding hydrogens is 230 g/mol. The summed E-state index contributed by atoms with van der Waals surface area (Å²) in [6, 6.07) is 0. The molecule has 1 saturated heterocycles. The molecule has 0 aliphatic carbocycles. The zero-order valence-corrected chi connectivity index (χ0v) is 11.7. The van der Waals surface area contributed by atoms with Crippen LogP contribution in [-0.2, 0) is 10.2 Å². The molecule has 2 unspecified atom stereocenters. The summed E-state index contributed by atoms with van der Waals surface area (Å²) in [5, 5.41) is 7.45. The second-order valence-electron chi connectivity index (χ2n) is 5.57. The summed E-state index contributed by atoms with van der Waals surface area (Å²) in [5.41, 5.74) is -0.0288. The lowest BCUT2D eigenvalue weighted by molar-refractivity contribution is 0.0217. The Bertz CT molecular complexity index is 383. The second kappa shape index (κ2) is 5.36. The zero-order chi connectivity index (χ0) is 13.2. The molecule has 5 heteroatoms. The summed E-state index contributed by atoms with van der Waals surface area (Å²) in [7, 11) is 0. The molecule has 0 spiro atoms. The second-order valence-corrected chi connectivity index (χ2v) is 5.57.